The van der Waals surface area contributed by atoms with Crippen molar-refractivity contribution in [2.24, 2.45) is 0 Å². The Balaban J connectivity index is 1.86. The first-order valence-electron chi connectivity index (χ1n) is 8.92. The predicted molar refractivity (Wildman–Crippen MR) is 115 cm³/mol. The summed E-state index contributed by atoms with van der Waals surface area (Å²) in [7, 11) is 1.50. The number of carbonyl (C=O) groups excluding carboxylic acids is 2. The molecule has 3 rings (SSSR count). The Morgan fingerprint density at radius 1 is 1.27 bits per heavy atom. The van der Waals surface area contributed by atoms with Gasteiger partial charge in [-0.05, 0) is 29.8 Å². The number of carbonyl (C=O) groups is 2. The predicted octanol–water partition coefficient (Wildman–Crippen LogP) is 3.99. The number of ether oxygens (including phenoxy) is 2. The fourth-order valence-electron chi connectivity index (χ4n) is 2.87. The molecule has 1 aliphatic heterocycles. The molecule has 0 unspecified atom stereocenters. The molecule has 8 heteroatoms. The van der Waals surface area contributed by atoms with Crippen LogP contribution in [0, 0.1) is 11.3 Å². The Hall–Kier alpha value is -3.57. The van der Waals surface area contributed by atoms with Crippen LogP contribution in [0.3, 0.4) is 0 Å². The average Bonchev–Trinajstić information content (AvgIpc) is 3.01. The zero-order valence-corrected chi connectivity index (χ0v) is 17.7. The summed E-state index contributed by atoms with van der Waals surface area (Å²) >= 11 is 3.47. The van der Waals surface area contributed by atoms with Crippen LogP contribution in [0.4, 0.5) is 4.79 Å². The van der Waals surface area contributed by atoms with Gasteiger partial charge in [0.1, 0.15) is 12.3 Å². The number of nitrogens with zero attached hydrogens (tertiary/aromatic N) is 2. The van der Waals surface area contributed by atoms with Crippen LogP contribution in [-0.4, -0.2) is 30.5 Å². The van der Waals surface area contributed by atoms with E-state index < -0.39 is 11.9 Å². The fraction of sp³-hybridized carbons (Fsp3) is 0.136. The molecular weight excluding hydrogens is 450 g/mol. The standard InChI is InChI=1S/C22H18BrN3O4/c1-3-8-26-21(27)18(25-22(26)28)9-16-10-19(29-2)20(11-17(16)23)30-13-15-7-5-4-6-14(15)12-24/h3-7,9-11H,1,8,13H2,2H3,(H,25,28)/b18-9+. The van der Waals surface area contributed by atoms with Crippen LogP contribution < -0.4 is 14.8 Å². The highest BCUT2D eigenvalue weighted by Crippen LogP contribution is 2.35. The van der Waals surface area contributed by atoms with E-state index in [9.17, 15) is 14.9 Å². The topological polar surface area (TPSA) is 91.7 Å². The number of nitrogens with one attached hydrogen (secondary N) is 1. The molecule has 0 spiro atoms. The lowest BCUT2D eigenvalue weighted by molar-refractivity contribution is -0.122. The van der Waals surface area contributed by atoms with Crippen LogP contribution in [-0.2, 0) is 11.4 Å². The summed E-state index contributed by atoms with van der Waals surface area (Å²) in [5, 5.41) is 11.8. The van der Waals surface area contributed by atoms with Gasteiger partial charge < -0.3 is 14.8 Å². The Bertz CT molecular complexity index is 1090. The fourth-order valence-corrected chi connectivity index (χ4v) is 3.30. The normalized spacial score (nSPS) is 14.4. The van der Waals surface area contributed by atoms with Crippen LogP contribution in [0.1, 0.15) is 16.7 Å². The molecule has 1 saturated heterocycles. The van der Waals surface area contributed by atoms with E-state index >= 15 is 0 Å². The van der Waals surface area contributed by atoms with Gasteiger partial charge in [-0.25, -0.2) is 4.79 Å². The SMILES string of the molecule is C=CCN1C(=O)N/C(=C/c2cc(OC)c(OCc3ccccc3C#N)cc2Br)C1=O. The quantitative estimate of drug-likeness (QED) is 0.377. The number of nitriles is 1. The number of methoxy groups -OCH3 is 1. The molecule has 0 aromatic heterocycles. The van der Waals surface area contributed by atoms with E-state index in [0.717, 1.165) is 10.5 Å². The van der Waals surface area contributed by atoms with Gasteiger partial charge in [0.2, 0.25) is 0 Å². The number of benzene rings is 2. The molecule has 0 bridgehead atoms. The van der Waals surface area contributed by atoms with Gasteiger partial charge in [-0.3, -0.25) is 9.69 Å². The van der Waals surface area contributed by atoms with Crippen molar-refractivity contribution in [1.82, 2.24) is 10.2 Å². The van der Waals surface area contributed by atoms with Crippen LogP contribution in [0.5, 0.6) is 11.5 Å². The summed E-state index contributed by atoms with van der Waals surface area (Å²) in [6.07, 6.45) is 3.04. The van der Waals surface area contributed by atoms with Gasteiger partial charge in [0, 0.05) is 16.6 Å². The number of urea groups is 1. The molecule has 1 fully saturated rings. The number of halogens is 1. The molecule has 1 aliphatic rings. The second kappa shape index (κ2) is 9.29. The molecule has 3 amide bonds. The lowest BCUT2D eigenvalue weighted by Crippen LogP contribution is -2.30. The number of amides is 3. The minimum Gasteiger partial charge on any atom is -0.493 e. The first kappa shape index (κ1) is 21.1. The van der Waals surface area contributed by atoms with Crippen molar-refractivity contribution in [2.75, 3.05) is 13.7 Å². The Morgan fingerprint density at radius 2 is 2.03 bits per heavy atom. The van der Waals surface area contributed by atoms with Crippen molar-refractivity contribution in [3.8, 4) is 17.6 Å². The zero-order chi connectivity index (χ0) is 21.7. The Labute approximate surface area is 182 Å². The molecule has 0 aliphatic carbocycles. The lowest BCUT2D eigenvalue weighted by atomic mass is 10.1. The molecule has 1 heterocycles. The van der Waals surface area contributed by atoms with Crippen LogP contribution in [0.25, 0.3) is 6.08 Å². The minimum absolute atomic E-state index is 0.128. The number of hydrogen-bond donors (Lipinski definition) is 1. The second-order valence-electron chi connectivity index (χ2n) is 6.27. The molecule has 152 valence electrons. The molecule has 0 saturated carbocycles. The van der Waals surface area contributed by atoms with Gasteiger partial charge in [0.05, 0.1) is 18.7 Å². The number of rotatable bonds is 7. The highest BCUT2D eigenvalue weighted by molar-refractivity contribution is 9.10. The minimum atomic E-state index is -0.495. The van der Waals surface area contributed by atoms with E-state index in [4.69, 9.17) is 9.47 Å². The van der Waals surface area contributed by atoms with Crippen molar-refractivity contribution < 1.29 is 19.1 Å². The molecule has 0 atom stereocenters. The highest BCUT2D eigenvalue weighted by atomic mass is 79.9. The maximum Gasteiger partial charge on any atom is 0.329 e. The summed E-state index contributed by atoms with van der Waals surface area (Å²) < 4.78 is 11.9. The first-order chi connectivity index (χ1) is 14.5. The maximum atomic E-state index is 12.4. The monoisotopic (exact) mass is 467 g/mol. The van der Waals surface area contributed by atoms with Crippen molar-refractivity contribution >= 4 is 33.9 Å². The highest BCUT2D eigenvalue weighted by Gasteiger charge is 2.32. The molecule has 30 heavy (non-hydrogen) atoms. The van der Waals surface area contributed by atoms with E-state index in [0.29, 0.717) is 27.1 Å². The smallest absolute Gasteiger partial charge is 0.329 e. The summed E-state index contributed by atoms with van der Waals surface area (Å²) in [6, 6.07) is 12.2. The average molecular weight is 468 g/mol. The van der Waals surface area contributed by atoms with Gasteiger partial charge in [-0.2, -0.15) is 5.26 Å². The van der Waals surface area contributed by atoms with Crippen LogP contribution in [0.15, 0.2) is 59.2 Å². The second-order valence-corrected chi connectivity index (χ2v) is 7.13. The molecule has 2 aromatic carbocycles. The summed E-state index contributed by atoms with van der Waals surface area (Å²) in [4.78, 5) is 25.4. The summed E-state index contributed by atoms with van der Waals surface area (Å²) in [6.45, 7) is 3.87. The van der Waals surface area contributed by atoms with E-state index in [-0.39, 0.29) is 18.8 Å². The third-order valence-corrected chi connectivity index (χ3v) is 5.06. The summed E-state index contributed by atoms with van der Waals surface area (Å²) in [5.74, 6) is 0.479. The molecule has 0 radical (unpaired) electrons. The van der Waals surface area contributed by atoms with Crippen molar-refractivity contribution in [3.05, 3.63) is 75.9 Å². The maximum absolute atomic E-state index is 12.4. The van der Waals surface area contributed by atoms with Crippen molar-refractivity contribution in [1.29, 1.82) is 5.26 Å². The van der Waals surface area contributed by atoms with Gasteiger partial charge >= 0.3 is 6.03 Å². The zero-order valence-electron chi connectivity index (χ0n) is 16.1. The van der Waals surface area contributed by atoms with Crippen LogP contribution in [0.2, 0.25) is 0 Å². The van der Waals surface area contributed by atoms with Crippen molar-refractivity contribution in [3.63, 3.8) is 0 Å². The largest absolute Gasteiger partial charge is 0.493 e. The third-order valence-electron chi connectivity index (χ3n) is 4.38. The third kappa shape index (κ3) is 4.36. The summed E-state index contributed by atoms with van der Waals surface area (Å²) in [5.41, 5.74) is 2.07. The van der Waals surface area contributed by atoms with Gasteiger partial charge in [0.15, 0.2) is 11.5 Å². The molecule has 2 aromatic rings. The lowest BCUT2D eigenvalue weighted by Gasteiger charge is -2.13. The van der Waals surface area contributed by atoms with E-state index in [2.05, 4.69) is 33.9 Å². The first-order valence-corrected chi connectivity index (χ1v) is 9.71. The van der Waals surface area contributed by atoms with Crippen LogP contribution >= 0.6 is 15.9 Å². The Kier molecular flexibility index (Phi) is 6.54. The van der Waals surface area contributed by atoms with E-state index in [1.54, 1.807) is 30.3 Å². The molecular formula is C22H18BrN3O4. The van der Waals surface area contributed by atoms with E-state index in [1.165, 1.54) is 13.2 Å². The Morgan fingerprint density at radius 3 is 2.73 bits per heavy atom. The number of hydrogen-bond acceptors (Lipinski definition) is 5. The van der Waals surface area contributed by atoms with Gasteiger partial charge in [-0.1, -0.05) is 40.2 Å². The number of imide groups is 1. The van der Waals surface area contributed by atoms with Gasteiger partial charge in [-0.15, -0.1) is 6.58 Å². The van der Waals surface area contributed by atoms with Gasteiger partial charge in [0.25, 0.3) is 5.91 Å². The molecule has 7 nitrogen and oxygen atoms in total. The molecule has 1 N–H and O–H groups in total. The van der Waals surface area contributed by atoms with Crippen molar-refractivity contribution in [2.45, 2.75) is 6.61 Å². The van der Waals surface area contributed by atoms with E-state index in [1.807, 2.05) is 12.1 Å².